The molecule has 1 aliphatic heterocycles. The van der Waals surface area contributed by atoms with Crippen LogP contribution >= 0.6 is 0 Å². The van der Waals surface area contributed by atoms with Gasteiger partial charge in [-0.2, -0.15) is 5.10 Å². The molecule has 1 N–H and O–H groups in total. The molecule has 0 aliphatic carbocycles. The Balaban J connectivity index is 2.08. The lowest BCUT2D eigenvalue weighted by Gasteiger charge is -2.13. The van der Waals surface area contributed by atoms with Crippen LogP contribution < -0.4 is 5.56 Å². The number of aromatic carboxylic acids is 1. The second kappa shape index (κ2) is 5.29. The standard InChI is InChI=1S/C15H16N2O4/c1-9-6-7-10(21-9)8-17-14(18)12-5-3-2-4-11(12)13(16-17)15(19)20/h2-5,9-10H,6-8H2,1H3,(H,19,20). The van der Waals surface area contributed by atoms with E-state index in [1.807, 2.05) is 6.92 Å². The Hall–Kier alpha value is -2.21. The van der Waals surface area contributed by atoms with Crippen LogP contribution in [0.3, 0.4) is 0 Å². The minimum Gasteiger partial charge on any atom is -0.476 e. The number of hydrogen-bond acceptors (Lipinski definition) is 4. The molecule has 6 nitrogen and oxygen atoms in total. The largest absolute Gasteiger partial charge is 0.476 e. The predicted octanol–water partition coefficient (Wildman–Crippen LogP) is 1.66. The van der Waals surface area contributed by atoms with Crippen LogP contribution in [0.1, 0.15) is 30.3 Å². The topological polar surface area (TPSA) is 81.4 Å². The molecular weight excluding hydrogens is 272 g/mol. The summed E-state index contributed by atoms with van der Waals surface area (Å²) in [5.74, 6) is -1.14. The molecular formula is C15H16N2O4. The smallest absolute Gasteiger partial charge is 0.357 e. The SMILES string of the molecule is CC1CCC(Cn2nc(C(=O)O)c3ccccc3c2=O)O1. The average molecular weight is 288 g/mol. The third kappa shape index (κ3) is 2.54. The van der Waals surface area contributed by atoms with E-state index in [4.69, 9.17) is 4.74 Å². The highest BCUT2D eigenvalue weighted by molar-refractivity contribution is 6.01. The van der Waals surface area contributed by atoms with Crippen LogP contribution in [0, 0.1) is 0 Å². The van der Waals surface area contributed by atoms with Crippen molar-refractivity contribution in [3.63, 3.8) is 0 Å². The highest BCUT2D eigenvalue weighted by Crippen LogP contribution is 2.20. The van der Waals surface area contributed by atoms with Crippen LogP contribution in [0.4, 0.5) is 0 Å². The second-order valence-electron chi connectivity index (χ2n) is 5.33. The molecule has 1 fully saturated rings. The van der Waals surface area contributed by atoms with E-state index in [-0.39, 0.29) is 30.0 Å². The van der Waals surface area contributed by atoms with Crippen molar-refractivity contribution in [2.75, 3.05) is 0 Å². The fraction of sp³-hybridized carbons (Fsp3) is 0.400. The van der Waals surface area contributed by atoms with Gasteiger partial charge in [-0.1, -0.05) is 18.2 Å². The van der Waals surface area contributed by atoms with Crippen LogP contribution in [0.25, 0.3) is 10.8 Å². The molecule has 1 saturated heterocycles. The molecule has 6 heteroatoms. The lowest BCUT2D eigenvalue weighted by atomic mass is 10.1. The normalized spacial score (nSPS) is 21.8. The molecule has 2 aromatic rings. The molecule has 0 radical (unpaired) electrons. The zero-order valence-corrected chi connectivity index (χ0v) is 11.7. The number of carboxylic acids is 1. The van der Waals surface area contributed by atoms with Crippen LogP contribution in [-0.2, 0) is 11.3 Å². The molecule has 2 heterocycles. The number of aromatic nitrogens is 2. The summed E-state index contributed by atoms with van der Waals surface area (Å²) in [7, 11) is 0. The van der Waals surface area contributed by atoms with Gasteiger partial charge in [-0.05, 0) is 25.8 Å². The number of carboxylic acid groups (broad SMARTS) is 1. The molecule has 3 rings (SSSR count). The number of ether oxygens (including phenoxy) is 1. The van der Waals surface area contributed by atoms with E-state index in [1.165, 1.54) is 4.68 Å². The Morgan fingerprint density at radius 3 is 2.71 bits per heavy atom. The molecule has 2 unspecified atom stereocenters. The van der Waals surface area contributed by atoms with Crippen molar-refractivity contribution in [1.82, 2.24) is 9.78 Å². The van der Waals surface area contributed by atoms with E-state index in [0.717, 1.165) is 12.8 Å². The molecule has 110 valence electrons. The van der Waals surface area contributed by atoms with Gasteiger partial charge in [0.25, 0.3) is 5.56 Å². The molecule has 0 amide bonds. The minimum atomic E-state index is -1.14. The van der Waals surface area contributed by atoms with E-state index < -0.39 is 5.97 Å². The van der Waals surface area contributed by atoms with Crippen LogP contribution in [0.15, 0.2) is 29.1 Å². The van der Waals surface area contributed by atoms with Gasteiger partial charge in [0.15, 0.2) is 5.69 Å². The number of hydrogen-bond donors (Lipinski definition) is 1. The summed E-state index contributed by atoms with van der Waals surface area (Å²) in [4.78, 5) is 23.8. The predicted molar refractivity (Wildman–Crippen MR) is 76.5 cm³/mol. The number of rotatable bonds is 3. The first-order chi connectivity index (χ1) is 10.1. The molecule has 21 heavy (non-hydrogen) atoms. The van der Waals surface area contributed by atoms with Crippen molar-refractivity contribution in [3.8, 4) is 0 Å². The lowest BCUT2D eigenvalue weighted by Crippen LogP contribution is -2.30. The maximum Gasteiger partial charge on any atom is 0.357 e. The monoisotopic (exact) mass is 288 g/mol. The van der Waals surface area contributed by atoms with E-state index in [9.17, 15) is 14.7 Å². The van der Waals surface area contributed by atoms with Crippen molar-refractivity contribution in [3.05, 3.63) is 40.3 Å². The summed E-state index contributed by atoms with van der Waals surface area (Å²) in [6.07, 6.45) is 1.88. The van der Waals surface area contributed by atoms with Gasteiger partial charge in [0.2, 0.25) is 0 Å². The van der Waals surface area contributed by atoms with Gasteiger partial charge >= 0.3 is 5.97 Å². The van der Waals surface area contributed by atoms with Crippen molar-refractivity contribution in [1.29, 1.82) is 0 Å². The van der Waals surface area contributed by atoms with Crippen molar-refractivity contribution >= 4 is 16.7 Å². The number of benzene rings is 1. The lowest BCUT2D eigenvalue weighted by molar-refractivity contribution is 0.0424. The summed E-state index contributed by atoms with van der Waals surface area (Å²) in [6.45, 7) is 2.27. The second-order valence-corrected chi connectivity index (χ2v) is 5.33. The van der Waals surface area contributed by atoms with E-state index >= 15 is 0 Å². The maximum absolute atomic E-state index is 12.4. The number of nitrogens with zero attached hydrogens (tertiary/aromatic N) is 2. The zero-order chi connectivity index (χ0) is 15.0. The van der Waals surface area contributed by atoms with Gasteiger partial charge in [-0.3, -0.25) is 4.79 Å². The van der Waals surface area contributed by atoms with Gasteiger partial charge in [0.1, 0.15) is 0 Å². The maximum atomic E-state index is 12.4. The van der Waals surface area contributed by atoms with Crippen LogP contribution in [0.5, 0.6) is 0 Å². The summed E-state index contributed by atoms with van der Waals surface area (Å²) in [5.41, 5.74) is -0.380. The third-order valence-corrected chi connectivity index (χ3v) is 3.77. The van der Waals surface area contributed by atoms with Gasteiger partial charge in [0.05, 0.1) is 24.1 Å². The summed E-state index contributed by atoms with van der Waals surface area (Å²) in [6, 6.07) is 6.64. The third-order valence-electron chi connectivity index (χ3n) is 3.77. The van der Waals surface area contributed by atoms with Gasteiger partial charge in [-0.25, -0.2) is 9.48 Å². The molecule has 2 atom stereocenters. The van der Waals surface area contributed by atoms with Crippen LogP contribution in [0.2, 0.25) is 0 Å². The summed E-state index contributed by atoms with van der Waals surface area (Å²) < 4.78 is 6.90. The van der Waals surface area contributed by atoms with Gasteiger partial charge < -0.3 is 9.84 Å². The molecule has 0 bridgehead atoms. The molecule has 1 aliphatic rings. The Bertz CT molecular complexity index is 753. The fourth-order valence-electron chi connectivity index (χ4n) is 2.73. The minimum absolute atomic E-state index is 0.0898. The zero-order valence-electron chi connectivity index (χ0n) is 11.7. The Morgan fingerprint density at radius 1 is 1.38 bits per heavy atom. The quantitative estimate of drug-likeness (QED) is 0.929. The summed E-state index contributed by atoms with van der Waals surface area (Å²) in [5, 5.41) is 14.0. The van der Waals surface area contributed by atoms with E-state index in [1.54, 1.807) is 24.3 Å². The fourth-order valence-corrected chi connectivity index (χ4v) is 2.73. The number of carbonyl (C=O) groups is 1. The van der Waals surface area contributed by atoms with Crippen molar-refractivity contribution in [2.24, 2.45) is 0 Å². The Labute approximate surface area is 121 Å². The van der Waals surface area contributed by atoms with Gasteiger partial charge in [-0.15, -0.1) is 0 Å². The summed E-state index contributed by atoms with van der Waals surface area (Å²) >= 11 is 0. The first kappa shape index (κ1) is 13.8. The first-order valence-electron chi connectivity index (χ1n) is 6.95. The van der Waals surface area contributed by atoms with Gasteiger partial charge in [0, 0.05) is 5.39 Å². The Kier molecular flexibility index (Phi) is 3.47. The first-order valence-corrected chi connectivity index (χ1v) is 6.95. The highest BCUT2D eigenvalue weighted by atomic mass is 16.5. The Morgan fingerprint density at radius 2 is 2.10 bits per heavy atom. The molecule has 1 aromatic heterocycles. The number of fused-ring (bicyclic) bond motifs is 1. The molecule has 0 saturated carbocycles. The average Bonchev–Trinajstić information content (AvgIpc) is 2.87. The van der Waals surface area contributed by atoms with Crippen molar-refractivity contribution < 1.29 is 14.6 Å². The van der Waals surface area contributed by atoms with E-state index in [0.29, 0.717) is 10.8 Å². The van der Waals surface area contributed by atoms with E-state index in [2.05, 4.69) is 5.10 Å². The molecule has 0 spiro atoms. The molecule has 1 aromatic carbocycles. The van der Waals surface area contributed by atoms with Crippen LogP contribution in [-0.4, -0.2) is 33.1 Å². The highest BCUT2D eigenvalue weighted by Gasteiger charge is 2.24. The van der Waals surface area contributed by atoms with Crippen molar-refractivity contribution in [2.45, 2.75) is 38.5 Å².